The van der Waals surface area contributed by atoms with E-state index >= 15 is 0 Å². The number of aryl methyl sites for hydroxylation is 1. The minimum Gasteiger partial charge on any atom is -0.364 e. The SMILES string of the molecule is Cn1ccnc(N2CCC[C@H](Nc3ncc(C#N)cc3Cl)C2)c1=O. The number of rotatable bonds is 3. The third kappa shape index (κ3) is 3.34. The van der Waals surface area contributed by atoms with Crippen molar-refractivity contribution in [3.05, 3.63) is 45.6 Å². The van der Waals surface area contributed by atoms with Crippen LogP contribution in [0, 0.1) is 11.3 Å². The van der Waals surface area contributed by atoms with Crippen molar-refractivity contribution in [1.29, 1.82) is 5.26 Å². The van der Waals surface area contributed by atoms with Crippen LogP contribution in [0.1, 0.15) is 18.4 Å². The highest BCUT2D eigenvalue weighted by molar-refractivity contribution is 6.33. The highest BCUT2D eigenvalue weighted by Crippen LogP contribution is 2.23. The third-order valence-electron chi connectivity index (χ3n) is 4.03. The average molecular weight is 345 g/mol. The number of aromatic nitrogens is 3. The molecule has 3 rings (SSSR count). The van der Waals surface area contributed by atoms with Gasteiger partial charge in [0.05, 0.1) is 10.6 Å². The first-order valence-electron chi connectivity index (χ1n) is 7.67. The van der Waals surface area contributed by atoms with E-state index in [0.29, 0.717) is 28.8 Å². The Kier molecular flexibility index (Phi) is 4.67. The normalized spacial score (nSPS) is 17.4. The van der Waals surface area contributed by atoms with Gasteiger partial charge < -0.3 is 14.8 Å². The second kappa shape index (κ2) is 6.89. The fourth-order valence-corrected chi connectivity index (χ4v) is 3.01. The highest BCUT2D eigenvalue weighted by Gasteiger charge is 2.23. The van der Waals surface area contributed by atoms with E-state index in [9.17, 15) is 4.79 Å². The van der Waals surface area contributed by atoms with Crippen LogP contribution in [0.2, 0.25) is 5.02 Å². The summed E-state index contributed by atoms with van der Waals surface area (Å²) in [6, 6.07) is 3.70. The van der Waals surface area contributed by atoms with Gasteiger partial charge in [0.1, 0.15) is 11.9 Å². The molecule has 24 heavy (non-hydrogen) atoms. The van der Waals surface area contributed by atoms with Crippen LogP contribution >= 0.6 is 11.6 Å². The number of nitrogens with zero attached hydrogens (tertiary/aromatic N) is 5. The summed E-state index contributed by atoms with van der Waals surface area (Å²) in [6.45, 7) is 1.43. The summed E-state index contributed by atoms with van der Waals surface area (Å²) in [5.41, 5.74) is 0.320. The predicted molar refractivity (Wildman–Crippen MR) is 92.3 cm³/mol. The second-order valence-electron chi connectivity index (χ2n) is 5.76. The van der Waals surface area contributed by atoms with E-state index in [1.807, 2.05) is 11.0 Å². The minimum atomic E-state index is -0.104. The molecule has 0 spiro atoms. The molecule has 1 aliphatic rings. The maximum absolute atomic E-state index is 12.2. The van der Waals surface area contributed by atoms with Gasteiger partial charge in [0.15, 0.2) is 5.82 Å². The van der Waals surface area contributed by atoms with E-state index in [4.69, 9.17) is 16.9 Å². The molecular weight excluding hydrogens is 328 g/mol. The molecule has 0 aromatic carbocycles. The lowest BCUT2D eigenvalue weighted by Crippen LogP contribution is -2.45. The topological polar surface area (TPSA) is 86.8 Å². The molecule has 0 aliphatic carbocycles. The van der Waals surface area contributed by atoms with Crippen molar-refractivity contribution in [2.75, 3.05) is 23.3 Å². The van der Waals surface area contributed by atoms with Crippen LogP contribution in [0.15, 0.2) is 29.5 Å². The zero-order valence-corrected chi connectivity index (χ0v) is 14.0. The summed E-state index contributed by atoms with van der Waals surface area (Å²) in [5, 5.41) is 12.6. The maximum Gasteiger partial charge on any atom is 0.293 e. The molecule has 0 radical (unpaired) electrons. The van der Waals surface area contributed by atoms with Crippen molar-refractivity contribution in [3.8, 4) is 6.07 Å². The lowest BCUT2D eigenvalue weighted by atomic mass is 10.1. The summed E-state index contributed by atoms with van der Waals surface area (Å²) in [6.07, 6.45) is 6.65. The van der Waals surface area contributed by atoms with E-state index in [1.165, 1.54) is 10.8 Å². The molecule has 0 amide bonds. The number of halogens is 1. The molecule has 7 nitrogen and oxygen atoms in total. The summed E-state index contributed by atoms with van der Waals surface area (Å²) in [4.78, 5) is 22.7. The van der Waals surface area contributed by atoms with E-state index in [1.54, 1.807) is 25.5 Å². The van der Waals surface area contributed by atoms with E-state index in [2.05, 4.69) is 15.3 Å². The number of anilines is 2. The molecule has 1 saturated heterocycles. The standard InChI is InChI=1S/C16H17ClN6O/c1-22-6-4-19-15(16(22)24)23-5-2-3-12(10-23)21-14-13(17)7-11(8-18)9-20-14/h4,6-7,9,12H,2-3,5,10H2,1H3,(H,20,21)/t12-/m0/s1. The molecule has 0 saturated carbocycles. The van der Waals surface area contributed by atoms with Crippen LogP contribution in [-0.4, -0.2) is 33.7 Å². The van der Waals surface area contributed by atoms with Crippen molar-refractivity contribution < 1.29 is 0 Å². The number of piperidine rings is 1. The van der Waals surface area contributed by atoms with Crippen LogP contribution < -0.4 is 15.8 Å². The summed E-state index contributed by atoms with van der Waals surface area (Å²) < 4.78 is 1.53. The van der Waals surface area contributed by atoms with Crippen molar-refractivity contribution in [2.24, 2.45) is 7.05 Å². The molecule has 1 atom stereocenters. The molecule has 2 aromatic rings. The largest absolute Gasteiger partial charge is 0.364 e. The fraction of sp³-hybridized carbons (Fsp3) is 0.375. The summed E-state index contributed by atoms with van der Waals surface area (Å²) in [5.74, 6) is 1.02. The number of hydrogen-bond donors (Lipinski definition) is 1. The number of hydrogen-bond acceptors (Lipinski definition) is 6. The first-order valence-corrected chi connectivity index (χ1v) is 8.05. The van der Waals surface area contributed by atoms with Gasteiger partial charge >= 0.3 is 0 Å². The maximum atomic E-state index is 12.2. The molecule has 124 valence electrons. The molecule has 0 unspecified atom stereocenters. The van der Waals surface area contributed by atoms with Crippen molar-refractivity contribution in [3.63, 3.8) is 0 Å². The van der Waals surface area contributed by atoms with Crippen molar-refractivity contribution in [2.45, 2.75) is 18.9 Å². The Morgan fingerprint density at radius 2 is 2.29 bits per heavy atom. The lowest BCUT2D eigenvalue weighted by Gasteiger charge is -2.33. The van der Waals surface area contributed by atoms with Gasteiger partial charge in [-0.1, -0.05) is 11.6 Å². The molecule has 1 aliphatic heterocycles. The van der Waals surface area contributed by atoms with Crippen LogP contribution in [0.4, 0.5) is 11.6 Å². The van der Waals surface area contributed by atoms with Gasteiger partial charge in [-0.3, -0.25) is 4.79 Å². The Hall–Kier alpha value is -2.59. The molecule has 1 N–H and O–H groups in total. The molecule has 0 bridgehead atoms. The zero-order chi connectivity index (χ0) is 17.1. The van der Waals surface area contributed by atoms with E-state index in [0.717, 1.165) is 19.4 Å². The highest BCUT2D eigenvalue weighted by atomic mass is 35.5. The van der Waals surface area contributed by atoms with Gasteiger partial charge in [-0.05, 0) is 18.9 Å². The number of nitriles is 1. The molecule has 2 aromatic heterocycles. The first kappa shape index (κ1) is 16.3. The van der Waals surface area contributed by atoms with Crippen LogP contribution in [0.5, 0.6) is 0 Å². The average Bonchev–Trinajstić information content (AvgIpc) is 2.59. The van der Waals surface area contributed by atoms with Gasteiger partial charge in [0.2, 0.25) is 0 Å². The Labute approximate surface area is 144 Å². The third-order valence-corrected chi connectivity index (χ3v) is 4.32. The smallest absolute Gasteiger partial charge is 0.293 e. The Morgan fingerprint density at radius 3 is 3.04 bits per heavy atom. The monoisotopic (exact) mass is 344 g/mol. The Balaban J connectivity index is 1.76. The van der Waals surface area contributed by atoms with Gasteiger partial charge in [-0.15, -0.1) is 0 Å². The number of nitrogens with one attached hydrogen (secondary N) is 1. The second-order valence-corrected chi connectivity index (χ2v) is 6.17. The van der Waals surface area contributed by atoms with Crippen molar-refractivity contribution >= 4 is 23.2 Å². The lowest BCUT2D eigenvalue weighted by molar-refractivity contribution is 0.522. The molecule has 8 heteroatoms. The Bertz CT molecular complexity index is 843. The quantitative estimate of drug-likeness (QED) is 0.913. The summed E-state index contributed by atoms with van der Waals surface area (Å²) >= 11 is 6.17. The minimum absolute atomic E-state index is 0.100. The van der Waals surface area contributed by atoms with Crippen molar-refractivity contribution in [1.82, 2.24) is 14.5 Å². The van der Waals surface area contributed by atoms with Gasteiger partial charge in [-0.2, -0.15) is 5.26 Å². The first-order chi connectivity index (χ1) is 11.6. The Morgan fingerprint density at radius 1 is 1.46 bits per heavy atom. The zero-order valence-electron chi connectivity index (χ0n) is 13.2. The summed E-state index contributed by atoms with van der Waals surface area (Å²) in [7, 11) is 1.72. The predicted octanol–water partition coefficient (Wildman–Crippen LogP) is 1.78. The molecular formula is C16H17ClN6O. The van der Waals surface area contributed by atoms with E-state index in [-0.39, 0.29) is 11.6 Å². The van der Waals surface area contributed by atoms with Crippen LogP contribution in [0.3, 0.4) is 0 Å². The van der Waals surface area contributed by atoms with Gasteiger partial charge in [-0.25, -0.2) is 9.97 Å². The molecule has 3 heterocycles. The van der Waals surface area contributed by atoms with E-state index < -0.39 is 0 Å². The van der Waals surface area contributed by atoms with Crippen LogP contribution in [-0.2, 0) is 7.05 Å². The van der Waals surface area contributed by atoms with Crippen LogP contribution in [0.25, 0.3) is 0 Å². The van der Waals surface area contributed by atoms with Gasteiger partial charge in [0.25, 0.3) is 5.56 Å². The van der Waals surface area contributed by atoms with Gasteiger partial charge in [0, 0.05) is 44.8 Å². The fourth-order valence-electron chi connectivity index (χ4n) is 2.79. The molecule has 1 fully saturated rings. The number of pyridine rings is 1.